The number of nitrogen functional groups attached to an aromatic ring is 1. The number of fused-ring (bicyclic) bond motifs is 1. The van der Waals surface area contributed by atoms with E-state index >= 15 is 0 Å². The Balaban J connectivity index is 2.02. The standard InChI is InChI=1S/C11H13IN6O2/c12-8-7-9(13)14-5-15-10(7)18(16-8)6-2-1-3-17(4-6)11(19)20/h5-6H,1-4H2,(H,19,20)(H2,13,14,15). The molecule has 1 aliphatic rings. The van der Waals surface area contributed by atoms with E-state index in [4.69, 9.17) is 10.8 Å². The number of anilines is 1. The number of aromatic nitrogens is 4. The van der Waals surface area contributed by atoms with Crippen molar-refractivity contribution in [1.29, 1.82) is 0 Å². The van der Waals surface area contributed by atoms with Gasteiger partial charge in [0, 0.05) is 13.1 Å². The summed E-state index contributed by atoms with van der Waals surface area (Å²) in [6, 6.07) is -0.0137. The maximum atomic E-state index is 11.1. The second-order valence-electron chi connectivity index (χ2n) is 4.72. The fourth-order valence-electron chi connectivity index (χ4n) is 2.54. The number of likely N-dealkylation sites (tertiary alicyclic amines) is 1. The molecule has 3 heterocycles. The Bertz CT molecular complexity index is 672. The molecule has 20 heavy (non-hydrogen) atoms. The van der Waals surface area contributed by atoms with Crippen molar-refractivity contribution in [2.45, 2.75) is 18.9 Å². The lowest BCUT2D eigenvalue weighted by Crippen LogP contribution is -2.40. The number of carbonyl (C=O) groups is 1. The first kappa shape index (κ1) is 13.3. The number of rotatable bonds is 1. The Morgan fingerprint density at radius 2 is 2.30 bits per heavy atom. The Morgan fingerprint density at radius 3 is 3.05 bits per heavy atom. The van der Waals surface area contributed by atoms with Crippen molar-refractivity contribution in [1.82, 2.24) is 24.6 Å². The number of piperidine rings is 1. The van der Waals surface area contributed by atoms with E-state index in [1.54, 1.807) is 4.68 Å². The normalized spacial score (nSPS) is 19.4. The molecule has 2 aromatic heterocycles. The molecule has 106 valence electrons. The summed E-state index contributed by atoms with van der Waals surface area (Å²) in [5, 5.41) is 14.3. The summed E-state index contributed by atoms with van der Waals surface area (Å²) in [5.41, 5.74) is 6.53. The van der Waals surface area contributed by atoms with Crippen LogP contribution in [0, 0.1) is 3.70 Å². The molecule has 2 aromatic rings. The summed E-state index contributed by atoms with van der Waals surface area (Å²) >= 11 is 2.10. The van der Waals surface area contributed by atoms with E-state index in [-0.39, 0.29) is 6.04 Å². The van der Waals surface area contributed by atoms with E-state index in [9.17, 15) is 4.79 Å². The third-order valence-electron chi connectivity index (χ3n) is 3.49. The van der Waals surface area contributed by atoms with Gasteiger partial charge in [-0.25, -0.2) is 19.4 Å². The Morgan fingerprint density at radius 1 is 1.50 bits per heavy atom. The topological polar surface area (TPSA) is 110 Å². The number of hydrogen-bond acceptors (Lipinski definition) is 5. The summed E-state index contributed by atoms with van der Waals surface area (Å²) in [7, 11) is 0. The number of amides is 1. The van der Waals surface area contributed by atoms with Crippen molar-refractivity contribution in [3.8, 4) is 0 Å². The number of halogens is 1. The van der Waals surface area contributed by atoms with Gasteiger partial charge in [0.25, 0.3) is 0 Å². The monoisotopic (exact) mass is 388 g/mol. The predicted octanol–water partition coefficient (Wildman–Crippen LogP) is 1.33. The molecule has 0 bridgehead atoms. The van der Waals surface area contributed by atoms with Crippen LogP contribution in [0.5, 0.6) is 0 Å². The van der Waals surface area contributed by atoms with Crippen molar-refractivity contribution >= 4 is 45.5 Å². The van der Waals surface area contributed by atoms with Crippen LogP contribution in [0.4, 0.5) is 10.6 Å². The van der Waals surface area contributed by atoms with Gasteiger partial charge in [0.1, 0.15) is 15.8 Å². The lowest BCUT2D eigenvalue weighted by Gasteiger charge is -2.30. The molecule has 0 aromatic carbocycles. The van der Waals surface area contributed by atoms with Crippen molar-refractivity contribution < 1.29 is 9.90 Å². The highest BCUT2D eigenvalue weighted by atomic mass is 127. The van der Waals surface area contributed by atoms with E-state index in [2.05, 4.69) is 37.7 Å². The van der Waals surface area contributed by atoms with Gasteiger partial charge in [0.15, 0.2) is 5.65 Å². The van der Waals surface area contributed by atoms with Gasteiger partial charge in [0.05, 0.1) is 11.4 Å². The minimum absolute atomic E-state index is 0.0137. The van der Waals surface area contributed by atoms with Crippen LogP contribution in [0.1, 0.15) is 18.9 Å². The smallest absolute Gasteiger partial charge is 0.407 e. The van der Waals surface area contributed by atoms with Gasteiger partial charge < -0.3 is 15.7 Å². The summed E-state index contributed by atoms with van der Waals surface area (Å²) in [4.78, 5) is 20.7. The molecule has 3 N–H and O–H groups in total. The number of nitrogens with zero attached hydrogens (tertiary/aromatic N) is 5. The predicted molar refractivity (Wildman–Crippen MR) is 80.3 cm³/mol. The molecule has 1 unspecified atom stereocenters. The van der Waals surface area contributed by atoms with Gasteiger partial charge in [0.2, 0.25) is 0 Å². The van der Waals surface area contributed by atoms with Gasteiger partial charge >= 0.3 is 6.09 Å². The molecule has 9 heteroatoms. The molecular formula is C11H13IN6O2. The lowest BCUT2D eigenvalue weighted by molar-refractivity contribution is 0.120. The first-order chi connectivity index (χ1) is 9.58. The Hall–Kier alpha value is -1.65. The lowest BCUT2D eigenvalue weighted by atomic mass is 10.1. The maximum absolute atomic E-state index is 11.1. The summed E-state index contributed by atoms with van der Waals surface area (Å²) in [5.74, 6) is 0.400. The van der Waals surface area contributed by atoms with Gasteiger partial charge in [-0.05, 0) is 35.4 Å². The Kier molecular flexibility index (Phi) is 3.36. The molecule has 0 radical (unpaired) electrons. The van der Waals surface area contributed by atoms with Crippen LogP contribution in [-0.4, -0.2) is 48.9 Å². The van der Waals surface area contributed by atoms with Crippen molar-refractivity contribution in [2.75, 3.05) is 18.8 Å². The molecule has 0 spiro atoms. The van der Waals surface area contributed by atoms with Crippen molar-refractivity contribution in [2.24, 2.45) is 0 Å². The van der Waals surface area contributed by atoms with E-state index in [1.807, 2.05) is 0 Å². The first-order valence-corrected chi connectivity index (χ1v) is 7.28. The third-order valence-corrected chi connectivity index (χ3v) is 4.24. The highest BCUT2D eigenvalue weighted by Crippen LogP contribution is 2.28. The van der Waals surface area contributed by atoms with E-state index in [1.165, 1.54) is 11.2 Å². The van der Waals surface area contributed by atoms with E-state index < -0.39 is 6.09 Å². The third kappa shape index (κ3) is 2.15. The highest BCUT2D eigenvalue weighted by Gasteiger charge is 2.27. The molecular weight excluding hydrogens is 375 g/mol. The molecule has 8 nitrogen and oxygen atoms in total. The summed E-state index contributed by atoms with van der Waals surface area (Å²) in [6.45, 7) is 0.991. The fraction of sp³-hybridized carbons (Fsp3) is 0.455. The quantitative estimate of drug-likeness (QED) is 0.714. The molecule has 0 saturated carbocycles. The van der Waals surface area contributed by atoms with Gasteiger partial charge in [-0.1, -0.05) is 0 Å². The average molecular weight is 388 g/mol. The van der Waals surface area contributed by atoms with Crippen LogP contribution >= 0.6 is 22.6 Å². The van der Waals surface area contributed by atoms with Crippen LogP contribution in [0.25, 0.3) is 11.0 Å². The SMILES string of the molecule is Nc1ncnc2c1c(I)nn2C1CCCN(C(=O)O)C1. The van der Waals surface area contributed by atoms with Crippen LogP contribution in [0.3, 0.4) is 0 Å². The van der Waals surface area contributed by atoms with E-state index in [0.29, 0.717) is 24.6 Å². The van der Waals surface area contributed by atoms with Crippen LogP contribution < -0.4 is 5.73 Å². The minimum atomic E-state index is -0.894. The van der Waals surface area contributed by atoms with Crippen LogP contribution in [0.2, 0.25) is 0 Å². The van der Waals surface area contributed by atoms with Crippen LogP contribution in [-0.2, 0) is 0 Å². The average Bonchev–Trinajstić information content (AvgIpc) is 2.78. The first-order valence-electron chi connectivity index (χ1n) is 6.20. The van der Waals surface area contributed by atoms with Gasteiger partial charge in [-0.2, -0.15) is 5.10 Å². The number of hydrogen-bond donors (Lipinski definition) is 2. The molecule has 0 aliphatic carbocycles. The summed E-state index contributed by atoms with van der Waals surface area (Å²) in [6.07, 6.45) is 2.20. The zero-order valence-corrected chi connectivity index (χ0v) is 12.7. The fourth-order valence-corrected chi connectivity index (χ4v) is 3.29. The second kappa shape index (κ2) is 5.04. The number of nitrogens with two attached hydrogens (primary N) is 1. The molecule has 1 fully saturated rings. The summed E-state index contributed by atoms with van der Waals surface area (Å²) < 4.78 is 2.52. The zero-order valence-electron chi connectivity index (χ0n) is 10.5. The number of carboxylic acid groups (broad SMARTS) is 1. The second-order valence-corrected chi connectivity index (χ2v) is 5.74. The van der Waals surface area contributed by atoms with E-state index in [0.717, 1.165) is 21.9 Å². The Labute approximate surface area is 128 Å². The molecule has 1 aliphatic heterocycles. The molecule has 1 saturated heterocycles. The van der Waals surface area contributed by atoms with Gasteiger partial charge in [-0.3, -0.25) is 0 Å². The van der Waals surface area contributed by atoms with Crippen molar-refractivity contribution in [3.63, 3.8) is 0 Å². The largest absolute Gasteiger partial charge is 0.465 e. The molecule has 3 rings (SSSR count). The zero-order chi connectivity index (χ0) is 14.3. The van der Waals surface area contributed by atoms with Gasteiger partial charge in [-0.15, -0.1) is 0 Å². The highest BCUT2D eigenvalue weighted by molar-refractivity contribution is 14.1. The molecule has 1 amide bonds. The van der Waals surface area contributed by atoms with Crippen molar-refractivity contribution in [3.05, 3.63) is 10.0 Å². The maximum Gasteiger partial charge on any atom is 0.407 e. The minimum Gasteiger partial charge on any atom is -0.465 e. The molecule has 1 atom stereocenters. The van der Waals surface area contributed by atoms with Crippen LogP contribution in [0.15, 0.2) is 6.33 Å².